The van der Waals surface area contributed by atoms with Gasteiger partial charge in [0.15, 0.2) is 0 Å². The quantitative estimate of drug-likeness (QED) is 0.702. The van der Waals surface area contributed by atoms with Gasteiger partial charge in [-0.1, -0.05) is 42.6 Å². The van der Waals surface area contributed by atoms with Gasteiger partial charge in [-0.05, 0) is 44.4 Å². The summed E-state index contributed by atoms with van der Waals surface area (Å²) >= 11 is 12.0. The van der Waals surface area contributed by atoms with Crippen LogP contribution >= 0.6 is 23.2 Å². The first-order valence-electron chi connectivity index (χ1n) is 8.18. The number of hydrogen-bond donors (Lipinski definition) is 1. The minimum atomic E-state index is -1.09. The maximum Gasteiger partial charge on any atom is 0.237 e. The first-order valence-corrected chi connectivity index (χ1v) is 8.93. The largest absolute Gasteiger partial charge is 0.355 e. The average Bonchev–Trinajstić information content (AvgIpc) is 2.53. The Morgan fingerprint density at radius 2 is 1.92 bits per heavy atom. The molecule has 2 amide bonds. The lowest BCUT2D eigenvalue weighted by Gasteiger charge is -2.28. The van der Waals surface area contributed by atoms with E-state index in [4.69, 9.17) is 23.2 Å². The van der Waals surface area contributed by atoms with Crippen LogP contribution in [0.25, 0.3) is 0 Å². The molecule has 0 aliphatic rings. The lowest BCUT2D eigenvalue weighted by atomic mass is 9.90. The van der Waals surface area contributed by atoms with Gasteiger partial charge >= 0.3 is 0 Å². The van der Waals surface area contributed by atoms with Crippen molar-refractivity contribution in [3.63, 3.8) is 0 Å². The minimum absolute atomic E-state index is 0.169. The number of unbranched alkanes of at least 4 members (excludes halogenated alkanes) is 1. The number of nitrogens with one attached hydrogen (secondary N) is 1. The van der Waals surface area contributed by atoms with Gasteiger partial charge in [-0.2, -0.15) is 0 Å². The molecule has 6 heteroatoms. The number of carbonyl (C=O) groups is 2. The van der Waals surface area contributed by atoms with Gasteiger partial charge < -0.3 is 10.2 Å². The zero-order chi connectivity index (χ0) is 18.3. The second kappa shape index (κ2) is 9.28. The zero-order valence-corrected chi connectivity index (χ0v) is 16.3. The van der Waals surface area contributed by atoms with Gasteiger partial charge in [-0.25, -0.2) is 0 Å². The Balaban J connectivity index is 2.57. The molecule has 0 fully saturated rings. The third kappa shape index (κ3) is 5.67. The molecule has 0 bridgehead atoms. The highest BCUT2D eigenvalue weighted by molar-refractivity contribution is 6.35. The molecule has 1 aromatic carbocycles. The summed E-state index contributed by atoms with van der Waals surface area (Å²) in [5.41, 5.74) is -0.183. The van der Waals surface area contributed by atoms with Crippen molar-refractivity contribution in [1.82, 2.24) is 10.2 Å². The predicted octanol–water partition coefficient (Wildman–Crippen LogP) is 3.94. The summed E-state index contributed by atoms with van der Waals surface area (Å²) in [4.78, 5) is 26.5. The van der Waals surface area contributed by atoms with Crippen molar-refractivity contribution >= 4 is 35.0 Å². The van der Waals surface area contributed by atoms with Gasteiger partial charge in [0.05, 0.1) is 0 Å². The Labute approximate surface area is 154 Å². The Bertz CT molecular complexity index is 588. The van der Waals surface area contributed by atoms with Gasteiger partial charge in [-0.3, -0.25) is 9.59 Å². The second-order valence-corrected chi connectivity index (χ2v) is 7.29. The molecule has 0 heterocycles. The highest BCUT2D eigenvalue weighted by Gasteiger charge is 2.37. The van der Waals surface area contributed by atoms with E-state index in [9.17, 15) is 9.59 Å². The molecule has 4 nitrogen and oxygen atoms in total. The summed E-state index contributed by atoms with van der Waals surface area (Å²) in [6.07, 6.45) is 2.51. The van der Waals surface area contributed by atoms with E-state index in [0.717, 1.165) is 18.4 Å². The smallest absolute Gasteiger partial charge is 0.237 e. The lowest BCUT2D eigenvalue weighted by molar-refractivity contribution is -0.147. The van der Waals surface area contributed by atoms with Crippen LogP contribution in [0.1, 0.15) is 39.2 Å². The fraction of sp³-hybridized carbons (Fsp3) is 0.556. The molecule has 134 valence electrons. The molecule has 0 unspecified atom stereocenters. The van der Waals surface area contributed by atoms with Crippen LogP contribution < -0.4 is 5.32 Å². The van der Waals surface area contributed by atoms with Crippen molar-refractivity contribution in [3.8, 4) is 0 Å². The Hall–Kier alpha value is -1.26. The maximum atomic E-state index is 12.5. The van der Waals surface area contributed by atoms with Crippen LogP contribution in [0, 0.1) is 5.41 Å². The average molecular weight is 373 g/mol. The number of carbonyl (C=O) groups excluding carboxylic acids is 2. The van der Waals surface area contributed by atoms with Crippen LogP contribution in [0.3, 0.4) is 0 Å². The molecule has 0 saturated carbocycles. The topological polar surface area (TPSA) is 49.4 Å². The molecule has 1 N–H and O–H groups in total. The molecule has 0 saturated heterocycles. The molecule has 24 heavy (non-hydrogen) atoms. The van der Waals surface area contributed by atoms with Gasteiger partial charge in [0.2, 0.25) is 11.8 Å². The van der Waals surface area contributed by atoms with E-state index >= 15 is 0 Å². The lowest BCUT2D eigenvalue weighted by Crippen LogP contribution is -2.49. The number of rotatable bonds is 8. The fourth-order valence-corrected chi connectivity index (χ4v) is 2.83. The third-order valence-corrected chi connectivity index (χ3v) is 4.58. The molecule has 1 aromatic rings. The molecule has 0 aliphatic carbocycles. The van der Waals surface area contributed by atoms with Crippen molar-refractivity contribution in [3.05, 3.63) is 33.8 Å². The number of halogens is 2. The first kappa shape index (κ1) is 20.8. The highest BCUT2D eigenvalue weighted by atomic mass is 35.5. The Morgan fingerprint density at radius 1 is 1.25 bits per heavy atom. The normalized spacial score (nSPS) is 11.2. The van der Waals surface area contributed by atoms with E-state index in [2.05, 4.69) is 12.2 Å². The molecule has 0 aromatic heterocycles. The van der Waals surface area contributed by atoms with Gasteiger partial charge in [-0.15, -0.1) is 0 Å². The summed E-state index contributed by atoms with van der Waals surface area (Å²) in [6.45, 7) is 6.45. The second-order valence-electron chi connectivity index (χ2n) is 6.45. The van der Waals surface area contributed by atoms with Crippen molar-refractivity contribution < 1.29 is 9.59 Å². The summed E-state index contributed by atoms with van der Waals surface area (Å²) in [5, 5.41) is 3.98. The predicted molar refractivity (Wildman–Crippen MR) is 99.5 cm³/mol. The summed E-state index contributed by atoms with van der Waals surface area (Å²) in [5.74, 6) is -0.445. The van der Waals surface area contributed by atoms with E-state index in [-0.39, 0.29) is 11.8 Å². The molecule has 0 spiro atoms. The van der Waals surface area contributed by atoms with E-state index < -0.39 is 5.41 Å². The van der Waals surface area contributed by atoms with Crippen molar-refractivity contribution in [1.29, 1.82) is 0 Å². The standard InChI is InChI=1S/C18H26Cl2N2O2/c1-5-6-11-22(4)17(24)18(2,3)16(23)21-10-9-13-7-8-14(19)12-15(13)20/h7-8,12H,5-6,9-11H2,1-4H3,(H,21,23). The minimum Gasteiger partial charge on any atom is -0.355 e. The van der Waals surface area contributed by atoms with Crippen molar-refractivity contribution in [2.45, 2.75) is 40.0 Å². The molecule has 0 aliphatic heterocycles. The number of amides is 2. The maximum absolute atomic E-state index is 12.5. The number of nitrogens with zero attached hydrogens (tertiary/aromatic N) is 1. The van der Waals surface area contributed by atoms with Crippen LogP contribution in [0.4, 0.5) is 0 Å². The number of hydrogen-bond acceptors (Lipinski definition) is 2. The van der Waals surface area contributed by atoms with Crippen LogP contribution in [0.2, 0.25) is 10.0 Å². The Morgan fingerprint density at radius 3 is 2.50 bits per heavy atom. The third-order valence-electron chi connectivity index (χ3n) is 3.99. The van der Waals surface area contributed by atoms with E-state index in [1.807, 2.05) is 6.07 Å². The zero-order valence-electron chi connectivity index (χ0n) is 14.8. The van der Waals surface area contributed by atoms with Gasteiger partial charge in [0.25, 0.3) is 0 Å². The SMILES string of the molecule is CCCCN(C)C(=O)C(C)(C)C(=O)NCCc1ccc(Cl)cc1Cl. The van der Waals surface area contributed by atoms with Gasteiger partial charge in [0, 0.05) is 30.2 Å². The Kier molecular flexibility index (Phi) is 8.04. The first-order chi connectivity index (χ1) is 11.2. The monoisotopic (exact) mass is 372 g/mol. The highest BCUT2D eigenvalue weighted by Crippen LogP contribution is 2.22. The van der Waals surface area contributed by atoms with Crippen LogP contribution in [-0.2, 0) is 16.0 Å². The van der Waals surface area contributed by atoms with Crippen LogP contribution in [0.5, 0.6) is 0 Å². The fourth-order valence-electron chi connectivity index (χ4n) is 2.33. The molecule has 1 rings (SSSR count). The van der Waals surface area contributed by atoms with Crippen molar-refractivity contribution in [2.24, 2.45) is 5.41 Å². The summed E-state index contributed by atoms with van der Waals surface area (Å²) < 4.78 is 0. The van der Waals surface area contributed by atoms with E-state index in [1.54, 1.807) is 37.9 Å². The number of benzene rings is 1. The van der Waals surface area contributed by atoms with Gasteiger partial charge in [0.1, 0.15) is 5.41 Å². The summed E-state index contributed by atoms with van der Waals surface area (Å²) in [7, 11) is 1.74. The van der Waals surface area contributed by atoms with Crippen LogP contribution in [0.15, 0.2) is 18.2 Å². The van der Waals surface area contributed by atoms with Crippen LogP contribution in [-0.4, -0.2) is 36.9 Å². The van der Waals surface area contributed by atoms with E-state index in [1.165, 1.54) is 0 Å². The molecular formula is C18H26Cl2N2O2. The molecule has 0 radical (unpaired) electrons. The van der Waals surface area contributed by atoms with Crippen molar-refractivity contribution in [2.75, 3.05) is 20.1 Å². The molecule has 0 atom stereocenters. The summed E-state index contributed by atoms with van der Waals surface area (Å²) in [6, 6.07) is 5.28. The van der Waals surface area contributed by atoms with E-state index in [0.29, 0.717) is 29.6 Å². The molecular weight excluding hydrogens is 347 g/mol.